The minimum atomic E-state index is -0.532. The second kappa shape index (κ2) is 4.85. The van der Waals surface area contributed by atoms with Gasteiger partial charge in [0.05, 0.1) is 22.8 Å². The van der Waals surface area contributed by atoms with Crippen molar-refractivity contribution in [2.75, 3.05) is 12.8 Å². The molecule has 0 heterocycles. The molecule has 6 heteroatoms. The van der Waals surface area contributed by atoms with Crippen LogP contribution in [0.3, 0.4) is 0 Å². The number of ether oxygens (including phenoxy) is 1. The molecular weight excluding hydrogens is 369 g/mol. The number of carbonyl (C=O) groups is 1. The number of hydrogen-bond donors (Lipinski definition) is 1. The number of esters is 1. The molecule has 2 N–H and O–H groups in total. The Bertz CT molecular complexity index is 658. The van der Waals surface area contributed by atoms with Gasteiger partial charge in [-0.1, -0.05) is 0 Å². The summed E-state index contributed by atoms with van der Waals surface area (Å²) >= 11 is 6.37. The van der Waals surface area contributed by atoms with Gasteiger partial charge in [-0.05, 0) is 55.4 Å². The third-order valence-electron chi connectivity index (χ3n) is 2.56. The lowest BCUT2D eigenvalue weighted by atomic mass is 10.0. The molecule has 0 bridgehead atoms. The first-order valence-corrected chi connectivity index (χ1v) is 6.49. The number of carbonyl (C=O) groups excluding carboxylic acids is 1. The van der Waals surface area contributed by atoms with E-state index in [0.717, 1.165) is 0 Å². The van der Waals surface area contributed by atoms with E-state index in [9.17, 15) is 9.18 Å². The Morgan fingerprint density at radius 2 is 2.00 bits per heavy atom. The van der Waals surface area contributed by atoms with Gasteiger partial charge in [-0.3, -0.25) is 0 Å². The van der Waals surface area contributed by atoms with Gasteiger partial charge in [0.2, 0.25) is 0 Å². The Morgan fingerprint density at radius 3 is 2.61 bits per heavy atom. The Hall–Kier alpha value is -1.14. The second-order valence-corrected chi connectivity index (χ2v) is 5.28. The van der Waals surface area contributed by atoms with Crippen LogP contribution in [0.15, 0.2) is 27.1 Å². The highest BCUT2D eigenvalue weighted by Crippen LogP contribution is 2.35. The molecule has 0 unspecified atom stereocenters. The molecule has 18 heavy (non-hydrogen) atoms. The lowest BCUT2D eigenvalue weighted by molar-refractivity contribution is 0.0602. The zero-order valence-corrected chi connectivity index (χ0v) is 12.4. The maximum atomic E-state index is 13.5. The van der Waals surface area contributed by atoms with Gasteiger partial charge in [0.1, 0.15) is 5.82 Å². The lowest BCUT2D eigenvalue weighted by Crippen LogP contribution is -2.06. The summed E-state index contributed by atoms with van der Waals surface area (Å²) < 4.78 is 18.9. The topological polar surface area (TPSA) is 52.3 Å². The number of methoxy groups -OCH3 is 1. The molecule has 2 rings (SSSR count). The number of fused-ring (bicyclic) bond motifs is 1. The SMILES string of the molecule is COC(=O)c1cc2cc(Br)c(F)cc2c(Br)c1N. The van der Waals surface area contributed by atoms with E-state index in [-0.39, 0.29) is 11.3 Å². The van der Waals surface area contributed by atoms with Crippen LogP contribution in [-0.4, -0.2) is 13.1 Å². The molecule has 2 aromatic rings. The van der Waals surface area contributed by atoms with Crippen LogP contribution < -0.4 is 5.73 Å². The summed E-state index contributed by atoms with van der Waals surface area (Å²) in [5.41, 5.74) is 6.31. The number of nitrogens with two attached hydrogens (primary N) is 1. The molecule has 0 saturated heterocycles. The molecule has 0 spiro atoms. The smallest absolute Gasteiger partial charge is 0.340 e. The molecule has 94 valence electrons. The van der Waals surface area contributed by atoms with Gasteiger partial charge in [0.25, 0.3) is 0 Å². The van der Waals surface area contributed by atoms with Gasteiger partial charge in [-0.25, -0.2) is 9.18 Å². The van der Waals surface area contributed by atoms with E-state index in [1.54, 1.807) is 12.1 Å². The van der Waals surface area contributed by atoms with Crippen LogP contribution in [0.4, 0.5) is 10.1 Å². The predicted molar refractivity (Wildman–Crippen MR) is 75.1 cm³/mol. The van der Waals surface area contributed by atoms with Crippen LogP contribution in [0.5, 0.6) is 0 Å². The monoisotopic (exact) mass is 375 g/mol. The number of hydrogen-bond acceptors (Lipinski definition) is 3. The number of rotatable bonds is 1. The minimum absolute atomic E-state index is 0.232. The van der Waals surface area contributed by atoms with Crippen LogP contribution >= 0.6 is 31.9 Å². The highest BCUT2D eigenvalue weighted by Gasteiger charge is 2.16. The fraction of sp³-hybridized carbons (Fsp3) is 0.0833. The predicted octanol–water partition coefficient (Wildman–Crippen LogP) is 3.87. The van der Waals surface area contributed by atoms with Crippen LogP contribution in [0.1, 0.15) is 10.4 Å². The zero-order valence-electron chi connectivity index (χ0n) is 9.26. The number of benzene rings is 2. The Morgan fingerprint density at radius 1 is 1.33 bits per heavy atom. The average molecular weight is 377 g/mol. The molecule has 0 atom stereocenters. The molecule has 0 aliphatic heterocycles. The number of nitrogen functional groups attached to an aromatic ring is 1. The molecule has 0 amide bonds. The Labute approximate surface area is 119 Å². The molecule has 0 radical (unpaired) electrons. The van der Waals surface area contributed by atoms with E-state index in [1.807, 2.05) is 0 Å². The van der Waals surface area contributed by atoms with Crippen molar-refractivity contribution in [3.8, 4) is 0 Å². The summed E-state index contributed by atoms with van der Waals surface area (Å²) in [6.45, 7) is 0. The molecule has 0 fully saturated rings. The summed E-state index contributed by atoms with van der Waals surface area (Å²) in [6, 6.07) is 4.51. The summed E-state index contributed by atoms with van der Waals surface area (Å²) in [5, 5.41) is 1.28. The highest BCUT2D eigenvalue weighted by molar-refractivity contribution is 9.11. The molecule has 0 saturated carbocycles. The molecule has 3 nitrogen and oxygen atoms in total. The molecular formula is C12H8Br2FNO2. The number of anilines is 1. The zero-order chi connectivity index (χ0) is 13.4. The third-order valence-corrected chi connectivity index (χ3v) is 4.02. The van der Waals surface area contributed by atoms with Crippen LogP contribution in [0.2, 0.25) is 0 Å². The minimum Gasteiger partial charge on any atom is -0.465 e. The Kier molecular flexibility index (Phi) is 3.59. The number of halogens is 3. The van der Waals surface area contributed by atoms with Crippen molar-refractivity contribution in [3.05, 3.63) is 38.5 Å². The summed E-state index contributed by atoms with van der Waals surface area (Å²) in [4.78, 5) is 11.6. The molecule has 0 aliphatic rings. The van der Waals surface area contributed by atoms with E-state index in [1.165, 1.54) is 13.2 Å². The van der Waals surface area contributed by atoms with E-state index in [4.69, 9.17) is 5.73 Å². The lowest BCUT2D eigenvalue weighted by Gasteiger charge is -2.10. The van der Waals surface area contributed by atoms with Crippen molar-refractivity contribution in [1.82, 2.24) is 0 Å². The van der Waals surface area contributed by atoms with Crippen molar-refractivity contribution >= 4 is 54.3 Å². The van der Waals surface area contributed by atoms with E-state index in [2.05, 4.69) is 36.6 Å². The molecule has 0 aliphatic carbocycles. The largest absolute Gasteiger partial charge is 0.465 e. The highest BCUT2D eigenvalue weighted by atomic mass is 79.9. The van der Waals surface area contributed by atoms with Gasteiger partial charge in [0, 0.05) is 9.86 Å². The first-order valence-electron chi connectivity index (χ1n) is 4.90. The normalized spacial score (nSPS) is 10.7. The molecule has 2 aromatic carbocycles. The maximum Gasteiger partial charge on any atom is 0.340 e. The van der Waals surface area contributed by atoms with Gasteiger partial charge in [0.15, 0.2) is 0 Å². The van der Waals surface area contributed by atoms with Gasteiger partial charge in [-0.2, -0.15) is 0 Å². The van der Waals surface area contributed by atoms with Crippen molar-refractivity contribution in [2.24, 2.45) is 0 Å². The standard InChI is InChI=1S/C12H8Br2FNO2/c1-18-12(17)7-2-5-3-8(13)9(15)4-6(5)10(14)11(7)16/h2-4H,16H2,1H3. The summed E-state index contributed by atoms with van der Waals surface area (Å²) in [7, 11) is 1.28. The third kappa shape index (κ3) is 2.10. The van der Waals surface area contributed by atoms with E-state index in [0.29, 0.717) is 19.7 Å². The van der Waals surface area contributed by atoms with Gasteiger partial charge in [-0.15, -0.1) is 0 Å². The summed E-state index contributed by atoms with van der Waals surface area (Å²) in [6.07, 6.45) is 0. The van der Waals surface area contributed by atoms with Crippen LogP contribution in [-0.2, 0) is 4.74 Å². The fourth-order valence-electron chi connectivity index (χ4n) is 1.65. The van der Waals surface area contributed by atoms with Crippen molar-refractivity contribution in [1.29, 1.82) is 0 Å². The van der Waals surface area contributed by atoms with E-state index >= 15 is 0 Å². The van der Waals surface area contributed by atoms with E-state index < -0.39 is 11.8 Å². The van der Waals surface area contributed by atoms with Crippen LogP contribution in [0, 0.1) is 5.82 Å². The van der Waals surface area contributed by atoms with Crippen molar-refractivity contribution < 1.29 is 13.9 Å². The second-order valence-electron chi connectivity index (χ2n) is 3.63. The van der Waals surface area contributed by atoms with Gasteiger partial charge < -0.3 is 10.5 Å². The Balaban J connectivity index is 2.83. The van der Waals surface area contributed by atoms with Crippen molar-refractivity contribution in [2.45, 2.75) is 0 Å². The van der Waals surface area contributed by atoms with Crippen LogP contribution in [0.25, 0.3) is 10.8 Å². The van der Waals surface area contributed by atoms with Crippen molar-refractivity contribution in [3.63, 3.8) is 0 Å². The summed E-state index contributed by atoms with van der Waals surface area (Å²) in [5.74, 6) is -0.927. The average Bonchev–Trinajstić information content (AvgIpc) is 2.35. The first-order chi connectivity index (χ1) is 8.45. The van der Waals surface area contributed by atoms with Gasteiger partial charge >= 0.3 is 5.97 Å². The maximum absolute atomic E-state index is 13.5. The molecule has 0 aromatic heterocycles. The first kappa shape index (κ1) is 13.3. The quantitative estimate of drug-likeness (QED) is 0.607. The fourth-order valence-corrected chi connectivity index (χ4v) is 2.57.